The van der Waals surface area contributed by atoms with Gasteiger partial charge in [-0.25, -0.2) is 13.9 Å². The number of imidazole rings is 1. The fraction of sp³-hybridized carbons (Fsp3) is 0.333. The van der Waals surface area contributed by atoms with Crippen molar-refractivity contribution in [3.8, 4) is 0 Å². The molecule has 0 unspecified atom stereocenters. The number of thiophene rings is 2. The highest BCUT2D eigenvalue weighted by Crippen LogP contribution is 2.36. The predicted octanol–water partition coefficient (Wildman–Crippen LogP) is 2.61. The summed E-state index contributed by atoms with van der Waals surface area (Å²) < 4.78 is 9.58. The van der Waals surface area contributed by atoms with E-state index in [9.17, 15) is 9.90 Å². The molecule has 132 valence electrons. The van der Waals surface area contributed by atoms with Crippen LogP contribution in [0.15, 0.2) is 47.4 Å². The largest absolute Gasteiger partial charge is 0.463 e. The van der Waals surface area contributed by atoms with Gasteiger partial charge in [-0.15, -0.1) is 22.7 Å². The Kier molecular flexibility index (Phi) is 5.36. The molecule has 0 spiro atoms. The second-order valence-electron chi connectivity index (χ2n) is 5.80. The Morgan fingerprint density at radius 1 is 1.28 bits per heavy atom. The number of carbonyl (C=O) groups is 1. The lowest BCUT2D eigenvalue weighted by Gasteiger charge is -2.23. The van der Waals surface area contributed by atoms with Crippen LogP contribution in [0.5, 0.6) is 0 Å². The van der Waals surface area contributed by atoms with E-state index >= 15 is 0 Å². The van der Waals surface area contributed by atoms with Crippen LogP contribution < -0.4 is 4.57 Å². The molecule has 0 amide bonds. The maximum atomic E-state index is 12.7. The van der Waals surface area contributed by atoms with E-state index in [0.717, 1.165) is 12.4 Å². The Labute approximate surface area is 154 Å². The molecule has 0 fully saturated rings. The molecule has 0 aliphatic carbocycles. The highest BCUT2D eigenvalue weighted by atomic mass is 32.1. The molecular formula is C18H21N2O3S2+. The second-order valence-corrected chi connectivity index (χ2v) is 7.70. The van der Waals surface area contributed by atoms with Gasteiger partial charge < -0.3 is 9.84 Å². The minimum Gasteiger partial charge on any atom is -0.463 e. The molecule has 1 N–H and O–H groups in total. The Morgan fingerprint density at radius 2 is 1.92 bits per heavy atom. The van der Waals surface area contributed by atoms with Gasteiger partial charge in [0, 0.05) is 13.3 Å². The van der Waals surface area contributed by atoms with Crippen LogP contribution in [-0.4, -0.2) is 22.2 Å². The van der Waals surface area contributed by atoms with Crippen molar-refractivity contribution in [2.45, 2.75) is 25.5 Å². The van der Waals surface area contributed by atoms with Gasteiger partial charge in [-0.1, -0.05) is 12.1 Å². The quantitative estimate of drug-likeness (QED) is 0.391. The number of aromatic nitrogens is 2. The summed E-state index contributed by atoms with van der Waals surface area (Å²) in [7, 11) is 1.99. The third kappa shape index (κ3) is 3.53. The van der Waals surface area contributed by atoms with Crippen molar-refractivity contribution in [3.63, 3.8) is 0 Å². The Morgan fingerprint density at radius 3 is 2.40 bits per heavy atom. The van der Waals surface area contributed by atoms with Crippen LogP contribution in [0.1, 0.15) is 22.0 Å². The molecular weight excluding hydrogens is 356 g/mol. The van der Waals surface area contributed by atoms with Crippen LogP contribution in [0.2, 0.25) is 0 Å². The van der Waals surface area contributed by atoms with Crippen molar-refractivity contribution >= 4 is 28.6 Å². The molecule has 0 saturated carbocycles. The van der Waals surface area contributed by atoms with Crippen molar-refractivity contribution in [1.82, 2.24) is 4.57 Å². The van der Waals surface area contributed by atoms with E-state index in [2.05, 4.69) is 4.57 Å². The lowest BCUT2D eigenvalue weighted by atomic mass is 10.0. The molecule has 0 radical (unpaired) electrons. The Bertz CT molecular complexity index is 789. The van der Waals surface area contributed by atoms with Gasteiger partial charge in [0.2, 0.25) is 5.60 Å². The lowest BCUT2D eigenvalue weighted by Crippen LogP contribution is -2.37. The summed E-state index contributed by atoms with van der Waals surface area (Å²) in [6, 6.07) is 7.16. The van der Waals surface area contributed by atoms with Crippen LogP contribution >= 0.6 is 22.7 Å². The summed E-state index contributed by atoms with van der Waals surface area (Å²) in [6.45, 7) is 3.06. The minimum absolute atomic E-state index is 0.263. The lowest BCUT2D eigenvalue weighted by molar-refractivity contribution is -0.677. The Balaban J connectivity index is 1.65. The van der Waals surface area contributed by atoms with Crippen LogP contribution in [0.4, 0.5) is 0 Å². The summed E-state index contributed by atoms with van der Waals surface area (Å²) in [6.07, 6.45) is 4.69. The fourth-order valence-electron chi connectivity index (χ4n) is 2.63. The van der Waals surface area contributed by atoms with E-state index < -0.39 is 11.6 Å². The van der Waals surface area contributed by atoms with Crippen molar-refractivity contribution in [1.29, 1.82) is 0 Å². The molecule has 0 aliphatic heterocycles. The molecule has 3 aromatic heterocycles. The zero-order valence-corrected chi connectivity index (χ0v) is 15.8. The number of ether oxygens (including phenoxy) is 1. The molecule has 25 heavy (non-hydrogen) atoms. The molecule has 0 aromatic carbocycles. The van der Waals surface area contributed by atoms with Gasteiger partial charge in [-0.2, -0.15) is 0 Å². The normalized spacial score (nSPS) is 11.6. The number of aryl methyl sites for hydroxylation is 2. The van der Waals surface area contributed by atoms with Gasteiger partial charge in [-0.05, 0) is 22.9 Å². The number of rotatable bonds is 7. The summed E-state index contributed by atoms with van der Waals surface area (Å²) in [5, 5.41) is 14.8. The van der Waals surface area contributed by atoms with E-state index in [1.807, 2.05) is 53.8 Å². The maximum absolute atomic E-state index is 12.7. The molecule has 0 bridgehead atoms. The fourth-order valence-corrected chi connectivity index (χ4v) is 4.34. The standard InChI is InChI=1S/C18H21N2O3S2/c1-14-19(2)9-10-20(14)8-5-11-23-17(21)18(22,15-6-3-12-24-15)16-7-4-13-25-16/h3-4,6-7,9-10,12-13,22H,5,8,11H2,1-2H3/q+1. The smallest absolute Gasteiger partial charge is 0.349 e. The summed E-state index contributed by atoms with van der Waals surface area (Å²) in [5.74, 6) is 0.521. The molecule has 3 heterocycles. The highest BCUT2D eigenvalue weighted by molar-refractivity contribution is 7.12. The van der Waals surface area contributed by atoms with Gasteiger partial charge in [0.25, 0.3) is 5.82 Å². The molecule has 7 heteroatoms. The van der Waals surface area contributed by atoms with Crippen LogP contribution in [0.3, 0.4) is 0 Å². The number of esters is 1. The summed E-state index contributed by atoms with van der Waals surface area (Å²) >= 11 is 2.69. The minimum atomic E-state index is -1.72. The van der Waals surface area contributed by atoms with Crippen LogP contribution in [-0.2, 0) is 28.7 Å². The molecule has 0 aliphatic rings. The third-order valence-corrected chi connectivity index (χ3v) is 6.18. The zero-order chi connectivity index (χ0) is 17.9. The van der Waals surface area contributed by atoms with E-state index in [0.29, 0.717) is 16.2 Å². The van der Waals surface area contributed by atoms with Gasteiger partial charge in [0.15, 0.2) is 0 Å². The zero-order valence-electron chi connectivity index (χ0n) is 14.2. The summed E-state index contributed by atoms with van der Waals surface area (Å²) in [4.78, 5) is 13.8. The van der Waals surface area contributed by atoms with Crippen molar-refractivity contribution in [2.75, 3.05) is 6.61 Å². The first kappa shape index (κ1) is 17.8. The van der Waals surface area contributed by atoms with Crippen LogP contribution in [0, 0.1) is 6.92 Å². The third-order valence-electron chi connectivity index (χ3n) is 4.22. The van der Waals surface area contributed by atoms with E-state index in [4.69, 9.17) is 4.74 Å². The number of hydrogen-bond donors (Lipinski definition) is 1. The first-order valence-corrected chi connectivity index (χ1v) is 9.78. The SMILES string of the molecule is Cc1n(CCCOC(=O)C(O)(c2cccs2)c2cccs2)cc[n+]1C. The molecule has 3 aromatic rings. The van der Waals surface area contributed by atoms with Crippen molar-refractivity contribution in [3.05, 3.63) is 63.0 Å². The van der Waals surface area contributed by atoms with E-state index in [-0.39, 0.29) is 6.61 Å². The summed E-state index contributed by atoms with van der Waals surface area (Å²) in [5.41, 5.74) is -1.72. The number of aliphatic hydroxyl groups is 1. The number of nitrogens with zero attached hydrogens (tertiary/aromatic N) is 2. The molecule has 5 nitrogen and oxygen atoms in total. The average Bonchev–Trinajstić information content (AvgIpc) is 3.36. The maximum Gasteiger partial charge on any atom is 0.349 e. The number of hydrogen-bond acceptors (Lipinski definition) is 5. The van der Waals surface area contributed by atoms with Gasteiger partial charge >= 0.3 is 5.97 Å². The topological polar surface area (TPSA) is 55.3 Å². The van der Waals surface area contributed by atoms with E-state index in [1.165, 1.54) is 22.7 Å². The molecule has 3 rings (SSSR count). The molecule has 0 atom stereocenters. The Hall–Kier alpha value is -1.96. The number of carbonyl (C=O) groups excluding carboxylic acids is 1. The average molecular weight is 378 g/mol. The predicted molar refractivity (Wildman–Crippen MR) is 97.6 cm³/mol. The highest BCUT2D eigenvalue weighted by Gasteiger charge is 2.43. The van der Waals surface area contributed by atoms with Gasteiger partial charge in [0.05, 0.1) is 30.0 Å². The van der Waals surface area contributed by atoms with Crippen molar-refractivity contribution < 1.29 is 19.2 Å². The van der Waals surface area contributed by atoms with Gasteiger partial charge in [0.1, 0.15) is 12.4 Å². The monoisotopic (exact) mass is 377 g/mol. The van der Waals surface area contributed by atoms with Crippen molar-refractivity contribution in [2.24, 2.45) is 7.05 Å². The first-order valence-electron chi connectivity index (χ1n) is 8.02. The van der Waals surface area contributed by atoms with Gasteiger partial charge in [-0.3, -0.25) is 0 Å². The first-order chi connectivity index (χ1) is 12.0. The molecule has 0 saturated heterocycles. The van der Waals surface area contributed by atoms with Crippen LogP contribution in [0.25, 0.3) is 0 Å². The van der Waals surface area contributed by atoms with E-state index in [1.54, 1.807) is 12.1 Å². The second kappa shape index (κ2) is 7.51.